The van der Waals surface area contributed by atoms with E-state index in [1.165, 1.54) is 49.3 Å². The molecule has 3 aromatic carbocycles. The van der Waals surface area contributed by atoms with Gasteiger partial charge in [0.05, 0.1) is 34.4 Å². The van der Waals surface area contributed by atoms with Gasteiger partial charge < -0.3 is 20.1 Å². The molecule has 0 bridgehead atoms. The average molecular weight is 581 g/mol. The fraction of sp³-hybridized carbons (Fsp3) is 0.207. The molecular formula is C29H29FN4O6S. The maximum atomic E-state index is 13.9. The summed E-state index contributed by atoms with van der Waals surface area (Å²) in [5, 5.41) is 20.5. The van der Waals surface area contributed by atoms with Gasteiger partial charge in [-0.1, -0.05) is 18.2 Å². The van der Waals surface area contributed by atoms with Crippen LogP contribution in [0.2, 0.25) is 0 Å². The molecule has 0 unspecified atom stereocenters. The van der Waals surface area contributed by atoms with Gasteiger partial charge in [-0.05, 0) is 60.5 Å². The molecule has 1 aromatic heterocycles. The third-order valence-electron chi connectivity index (χ3n) is 6.36. The van der Waals surface area contributed by atoms with Gasteiger partial charge in [-0.2, -0.15) is 0 Å². The molecule has 0 fully saturated rings. The number of anilines is 1. The lowest BCUT2D eigenvalue weighted by Crippen LogP contribution is -2.39. The maximum absolute atomic E-state index is 13.9. The molecule has 41 heavy (non-hydrogen) atoms. The molecule has 0 aliphatic rings. The van der Waals surface area contributed by atoms with Crippen LogP contribution in [0.25, 0.3) is 10.9 Å². The van der Waals surface area contributed by atoms with E-state index in [-0.39, 0.29) is 31.0 Å². The van der Waals surface area contributed by atoms with E-state index in [9.17, 15) is 27.5 Å². The summed E-state index contributed by atoms with van der Waals surface area (Å²) < 4.78 is 39.8. The first-order valence-corrected chi connectivity index (χ1v) is 14.4. The molecule has 0 saturated heterocycles. The monoisotopic (exact) mass is 580 g/mol. The number of hydrogen-bond acceptors (Lipinski definition) is 6. The van der Waals surface area contributed by atoms with Crippen molar-refractivity contribution in [2.45, 2.75) is 12.8 Å². The minimum Gasteiger partial charge on any atom is -0.494 e. The van der Waals surface area contributed by atoms with Gasteiger partial charge in [-0.3, -0.25) is 13.9 Å². The van der Waals surface area contributed by atoms with E-state index in [1.54, 1.807) is 36.4 Å². The van der Waals surface area contributed by atoms with Gasteiger partial charge in [0.25, 0.3) is 0 Å². The molecule has 0 saturated carbocycles. The van der Waals surface area contributed by atoms with E-state index in [1.807, 2.05) is 0 Å². The third kappa shape index (κ3) is 6.90. The Morgan fingerprint density at radius 3 is 2.37 bits per heavy atom. The second-order valence-electron chi connectivity index (χ2n) is 9.67. The number of aryl methyl sites for hydroxylation is 1. The summed E-state index contributed by atoms with van der Waals surface area (Å²) in [6, 6.07) is 17.3. The van der Waals surface area contributed by atoms with Crippen molar-refractivity contribution in [2.24, 2.45) is 4.99 Å². The van der Waals surface area contributed by atoms with Crippen molar-refractivity contribution in [1.82, 2.24) is 9.88 Å². The zero-order chi connectivity index (χ0) is 29.9. The number of carboxylic acid groups (broad SMARTS) is 1. The second kappa shape index (κ2) is 11.8. The summed E-state index contributed by atoms with van der Waals surface area (Å²) in [5.74, 6) is -2.05. The van der Waals surface area contributed by atoms with Crippen molar-refractivity contribution < 1.29 is 32.6 Å². The molecule has 10 nitrogen and oxygen atoms in total. The van der Waals surface area contributed by atoms with Gasteiger partial charge in [-0.15, -0.1) is 0 Å². The van der Waals surface area contributed by atoms with E-state index in [2.05, 4.69) is 4.98 Å². The smallest absolute Gasteiger partial charge is 0.303 e. The lowest BCUT2D eigenvalue weighted by atomic mass is 9.97. The van der Waals surface area contributed by atoms with Crippen LogP contribution in [0.5, 0.6) is 5.88 Å². The van der Waals surface area contributed by atoms with Crippen molar-refractivity contribution in [3.05, 3.63) is 89.2 Å². The Morgan fingerprint density at radius 2 is 1.73 bits per heavy atom. The molecule has 1 heterocycles. The number of sulfonamides is 1. The largest absolute Gasteiger partial charge is 0.494 e. The number of fused-ring (bicyclic) bond motifs is 1. The number of likely N-dealkylation sites (N-methyl/N-ethyl adjacent to an activating group) is 1. The molecule has 0 aliphatic carbocycles. The number of aliphatic imine (C=N–C) groups is 1. The van der Waals surface area contributed by atoms with Crippen LogP contribution in [0.3, 0.4) is 0 Å². The number of nitrogens with zero attached hydrogens (tertiary/aromatic N) is 3. The Balaban J connectivity index is 1.83. The van der Waals surface area contributed by atoms with Gasteiger partial charge in [-0.25, -0.2) is 17.8 Å². The fourth-order valence-corrected chi connectivity index (χ4v) is 5.12. The number of rotatable bonds is 10. The molecule has 12 heteroatoms. The Labute approximate surface area is 236 Å². The molecule has 0 aliphatic heterocycles. The van der Waals surface area contributed by atoms with Gasteiger partial charge in [0.15, 0.2) is 5.88 Å². The standard InChI is InChI=1S/C29H29FN4O6S/c1-33(2)25(35)17-34(41(3,39)40)22-11-9-21(10-12-22)31-28(19-6-4-5-18(15-19)7-14-26(36)37)27-23-13-8-20(30)16-24(23)32-29(27)38/h4-6,8-13,15-16,32,38H,7,14,17H2,1-3H3,(H,36,37). The molecule has 0 spiro atoms. The first-order valence-electron chi connectivity index (χ1n) is 12.5. The van der Waals surface area contributed by atoms with Crippen LogP contribution in [-0.2, 0) is 26.0 Å². The highest BCUT2D eigenvalue weighted by molar-refractivity contribution is 7.92. The Hall–Kier alpha value is -4.71. The number of carbonyl (C=O) groups is 2. The number of benzene rings is 3. The topological polar surface area (TPSA) is 143 Å². The number of nitrogens with one attached hydrogen (secondary N) is 1. The SMILES string of the molecule is CN(C)C(=O)CN(c1ccc(N=C(c2cccc(CCC(=O)O)c2)c2c(O)[nH]c3cc(F)ccc23)cc1)S(C)(=O)=O. The molecule has 0 radical (unpaired) electrons. The molecular weight excluding hydrogens is 551 g/mol. The van der Waals surface area contributed by atoms with Crippen molar-refractivity contribution in [2.75, 3.05) is 31.2 Å². The maximum Gasteiger partial charge on any atom is 0.303 e. The van der Waals surface area contributed by atoms with Crippen molar-refractivity contribution in [1.29, 1.82) is 0 Å². The fourth-order valence-electron chi connectivity index (χ4n) is 4.27. The number of H-pyrrole nitrogens is 1. The number of halogens is 1. The second-order valence-corrected chi connectivity index (χ2v) is 11.6. The number of carboxylic acids is 1. The van der Waals surface area contributed by atoms with E-state index >= 15 is 0 Å². The predicted octanol–water partition coefficient (Wildman–Crippen LogP) is 4.05. The van der Waals surface area contributed by atoms with E-state index < -0.39 is 27.7 Å². The molecule has 4 rings (SSSR count). The first kappa shape index (κ1) is 29.3. The molecule has 0 atom stereocenters. The number of carbonyl (C=O) groups excluding carboxylic acids is 1. The normalized spacial score (nSPS) is 12.0. The van der Waals surface area contributed by atoms with E-state index in [4.69, 9.17) is 10.1 Å². The number of hydrogen-bond donors (Lipinski definition) is 3. The minimum atomic E-state index is -3.77. The summed E-state index contributed by atoms with van der Waals surface area (Å²) in [4.78, 5) is 32.2. The quantitative estimate of drug-likeness (QED) is 0.242. The summed E-state index contributed by atoms with van der Waals surface area (Å²) in [7, 11) is -0.700. The predicted molar refractivity (Wildman–Crippen MR) is 155 cm³/mol. The first-order chi connectivity index (χ1) is 19.3. The van der Waals surface area contributed by atoms with Crippen LogP contribution in [0, 0.1) is 5.82 Å². The molecule has 1 amide bonds. The summed E-state index contributed by atoms with van der Waals surface area (Å²) in [5.41, 5.74) is 2.99. The lowest BCUT2D eigenvalue weighted by molar-refractivity contribution is -0.137. The Morgan fingerprint density at radius 1 is 1.02 bits per heavy atom. The van der Waals surface area contributed by atoms with E-state index in [0.717, 1.165) is 16.1 Å². The summed E-state index contributed by atoms with van der Waals surface area (Å²) >= 11 is 0. The number of aromatic amines is 1. The van der Waals surface area contributed by atoms with Crippen molar-refractivity contribution in [3.8, 4) is 5.88 Å². The van der Waals surface area contributed by atoms with Gasteiger partial charge >= 0.3 is 5.97 Å². The highest BCUT2D eigenvalue weighted by Crippen LogP contribution is 2.33. The van der Waals surface area contributed by atoms with E-state index in [0.29, 0.717) is 33.4 Å². The van der Waals surface area contributed by atoms with Gasteiger partial charge in [0.1, 0.15) is 12.4 Å². The highest BCUT2D eigenvalue weighted by atomic mass is 32.2. The van der Waals surface area contributed by atoms with Crippen LogP contribution in [0.4, 0.5) is 15.8 Å². The lowest BCUT2D eigenvalue weighted by Gasteiger charge is -2.23. The van der Waals surface area contributed by atoms with Crippen molar-refractivity contribution in [3.63, 3.8) is 0 Å². The average Bonchev–Trinajstić information content (AvgIpc) is 3.23. The van der Waals surface area contributed by atoms with Crippen LogP contribution in [0.1, 0.15) is 23.1 Å². The van der Waals surface area contributed by atoms with Crippen LogP contribution in [0.15, 0.2) is 71.7 Å². The molecule has 214 valence electrons. The number of aromatic nitrogens is 1. The third-order valence-corrected chi connectivity index (χ3v) is 7.50. The van der Waals surface area contributed by atoms with Gasteiger partial charge in [0, 0.05) is 31.5 Å². The van der Waals surface area contributed by atoms with Crippen LogP contribution >= 0.6 is 0 Å². The Kier molecular flexibility index (Phi) is 8.43. The van der Waals surface area contributed by atoms with Crippen LogP contribution in [-0.4, -0.2) is 73.0 Å². The molecule has 4 aromatic rings. The summed E-state index contributed by atoms with van der Waals surface area (Å²) in [6.07, 6.45) is 1.23. The minimum absolute atomic E-state index is 0.0673. The van der Waals surface area contributed by atoms with Crippen molar-refractivity contribution >= 4 is 49.9 Å². The zero-order valence-corrected chi connectivity index (χ0v) is 23.4. The van der Waals surface area contributed by atoms with Crippen LogP contribution < -0.4 is 4.31 Å². The Bertz CT molecular complexity index is 1750. The highest BCUT2D eigenvalue weighted by Gasteiger charge is 2.23. The number of aliphatic carboxylic acids is 1. The van der Waals surface area contributed by atoms with Gasteiger partial charge in [0.2, 0.25) is 15.9 Å². The number of amides is 1. The number of aromatic hydroxyl groups is 1. The molecule has 3 N–H and O–H groups in total. The zero-order valence-electron chi connectivity index (χ0n) is 22.6. The summed E-state index contributed by atoms with van der Waals surface area (Å²) in [6.45, 7) is -0.372.